The molecular weight excluding hydrogens is 528 g/mol. The summed E-state index contributed by atoms with van der Waals surface area (Å²) in [5.74, 6) is -1.54. The van der Waals surface area contributed by atoms with Crippen LogP contribution in [0.2, 0.25) is 0 Å². The largest absolute Gasteiger partial charge is 0.506 e. The molecule has 0 amide bonds. The van der Waals surface area contributed by atoms with Crippen molar-refractivity contribution in [3.8, 4) is 22.6 Å². The smallest absolute Gasteiger partial charge is 0.354 e. The van der Waals surface area contributed by atoms with Gasteiger partial charge in [0, 0.05) is 26.3 Å². The number of carbonyl (C=O) groups is 2. The van der Waals surface area contributed by atoms with Gasteiger partial charge in [-0.15, -0.1) is 0 Å². The molecule has 1 aliphatic rings. The molecule has 0 radical (unpaired) electrons. The molecule has 1 atom stereocenters. The number of rotatable bonds is 7. The fraction of sp³-hybridized carbons (Fsp3) is 0.207. The van der Waals surface area contributed by atoms with Crippen LogP contribution in [-0.2, 0) is 13.6 Å². The molecule has 6 rings (SSSR count). The molecule has 1 aliphatic heterocycles. The van der Waals surface area contributed by atoms with Crippen molar-refractivity contribution >= 4 is 23.1 Å². The molecule has 208 valence electrons. The summed E-state index contributed by atoms with van der Waals surface area (Å²) in [5.41, 5.74) is 2.71. The van der Waals surface area contributed by atoms with Crippen LogP contribution in [0.15, 0.2) is 71.8 Å². The second kappa shape index (κ2) is 10.1. The Balaban J connectivity index is 1.32. The second-order valence-electron chi connectivity index (χ2n) is 10.0. The number of nitrogens with zero attached hydrogens (tertiary/aromatic N) is 6. The minimum Gasteiger partial charge on any atom is -0.506 e. The lowest BCUT2D eigenvalue weighted by atomic mass is 10.0. The zero-order chi connectivity index (χ0) is 28.8. The number of fused-ring (bicyclic) bond motifs is 1. The van der Waals surface area contributed by atoms with Crippen molar-refractivity contribution in [2.24, 2.45) is 7.05 Å². The van der Waals surface area contributed by atoms with Gasteiger partial charge in [0.05, 0.1) is 35.6 Å². The average molecular weight is 555 g/mol. The van der Waals surface area contributed by atoms with Crippen molar-refractivity contribution in [1.29, 1.82) is 0 Å². The number of aromatic nitrogens is 5. The summed E-state index contributed by atoms with van der Waals surface area (Å²) in [6.07, 6.45) is 3.65. The van der Waals surface area contributed by atoms with Gasteiger partial charge in [0.1, 0.15) is 17.3 Å². The minimum atomic E-state index is -1.04. The zero-order valence-electron chi connectivity index (χ0n) is 22.0. The van der Waals surface area contributed by atoms with Crippen molar-refractivity contribution in [1.82, 2.24) is 28.6 Å². The number of phenols is 1. The van der Waals surface area contributed by atoms with E-state index in [9.17, 15) is 24.6 Å². The van der Waals surface area contributed by atoms with Crippen LogP contribution in [-0.4, -0.2) is 68.9 Å². The Morgan fingerprint density at radius 1 is 1.00 bits per heavy atom. The van der Waals surface area contributed by atoms with Gasteiger partial charge in [-0.05, 0) is 53.9 Å². The molecule has 1 fully saturated rings. The van der Waals surface area contributed by atoms with E-state index >= 15 is 0 Å². The SMILES string of the molecule is Cn1c(C(=O)O)cnc1CN1CC[C@H](n2c(=O)n(-c3ccc(-c4ccc(C(=O)O)cc4)cc3O)c3cccnc32)C1. The van der Waals surface area contributed by atoms with Gasteiger partial charge < -0.3 is 19.9 Å². The fourth-order valence-corrected chi connectivity index (χ4v) is 5.47. The molecule has 5 aromatic rings. The highest BCUT2D eigenvalue weighted by atomic mass is 16.4. The number of likely N-dealkylation sites (tertiary alicyclic amines) is 1. The van der Waals surface area contributed by atoms with E-state index in [4.69, 9.17) is 5.11 Å². The maximum absolute atomic E-state index is 13.9. The maximum Gasteiger partial charge on any atom is 0.354 e. The zero-order valence-corrected chi connectivity index (χ0v) is 22.0. The second-order valence-corrected chi connectivity index (χ2v) is 10.0. The first-order valence-corrected chi connectivity index (χ1v) is 12.9. The number of benzene rings is 2. The van der Waals surface area contributed by atoms with Gasteiger partial charge in [0.25, 0.3) is 0 Å². The predicted molar refractivity (Wildman–Crippen MR) is 148 cm³/mol. The first-order valence-electron chi connectivity index (χ1n) is 12.9. The van der Waals surface area contributed by atoms with Gasteiger partial charge in [-0.25, -0.2) is 24.4 Å². The normalized spacial score (nSPS) is 15.5. The van der Waals surface area contributed by atoms with Gasteiger partial charge in [-0.2, -0.15) is 0 Å². The lowest BCUT2D eigenvalue weighted by Crippen LogP contribution is -2.29. The van der Waals surface area contributed by atoms with E-state index in [0.717, 1.165) is 5.56 Å². The molecule has 1 saturated heterocycles. The van der Waals surface area contributed by atoms with Crippen LogP contribution >= 0.6 is 0 Å². The Morgan fingerprint density at radius 2 is 1.76 bits per heavy atom. The van der Waals surface area contributed by atoms with E-state index in [1.807, 2.05) is 0 Å². The third kappa shape index (κ3) is 4.53. The summed E-state index contributed by atoms with van der Waals surface area (Å²) in [7, 11) is 1.67. The molecule has 12 nitrogen and oxygen atoms in total. The first kappa shape index (κ1) is 26.0. The van der Waals surface area contributed by atoms with Gasteiger partial charge in [-0.1, -0.05) is 18.2 Å². The maximum atomic E-state index is 13.9. The standard InChI is InChI=1S/C29H26N6O6/c1-32-23(28(39)40)14-31-25(32)16-33-12-10-20(15-33)34-26-22(3-2-11-30-26)35(29(34)41)21-9-8-19(13-24(21)36)17-4-6-18(7-5-17)27(37)38/h2-9,11,13-14,20,36H,10,12,15-16H2,1H3,(H,37,38)(H,39,40)/t20-/m0/s1. The highest BCUT2D eigenvalue weighted by Gasteiger charge is 2.30. The molecule has 3 N–H and O–H groups in total. The number of carboxylic acid groups (broad SMARTS) is 2. The molecule has 0 bridgehead atoms. The highest BCUT2D eigenvalue weighted by molar-refractivity contribution is 5.88. The van der Waals surface area contributed by atoms with Gasteiger partial charge >= 0.3 is 17.6 Å². The van der Waals surface area contributed by atoms with E-state index in [1.54, 1.807) is 64.8 Å². The molecule has 3 aromatic heterocycles. The van der Waals surface area contributed by atoms with E-state index < -0.39 is 11.9 Å². The summed E-state index contributed by atoms with van der Waals surface area (Å²) in [5, 5.41) is 29.5. The number of carboxylic acids is 2. The molecule has 0 spiro atoms. The van der Waals surface area contributed by atoms with Crippen LogP contribution in [0, 0.1) is 0 Å². The third-order valence-electron chi connectivity index (χ3n) is 7.60. The Kier molecular flexibility index (Phi) is 6.39. The topological polar surface area (TPSA) is 156 Å². The van der Waals surface area contributed by atoms with E-state index in [0.29, 0.717) is 54.3 Å². The van der Waals surface area contributed by atoms with Crippen molar-refractivity contribution in [2.45, 2.75) is 19.0 Å². The fourth-order valence-electron chi connectivity index (χ4n) is 5.47. The highest BCUT2D eigenvalue weighted by Crippen LogP contribution is 2.32. The Bertz CT molecular complexity index is 1870. The van der Waals surface area contributed by atoms with Crippen LogP contribution in [0.3, 0.4) is 0 Å². The van der Waals surface area contributed by atoms with Crippen LogP contribution in [0.4, 0.5) is 0 Å². The summed E-state index contributed by atoms with van der Waals surface area (Å²) < 4.78 is 4.67. The Hall–Kier alpha value is -5.23. The van der Waals surface area contributed by atoms with Crippen LogP contribution in [0.1, 0.15) is 39.1 Å². The lowest BCUT2D eigenvalue weighted by molar-refractivity contribution is 0.0679. The number of imidazole rings is 2. The Labute approximate surface area is 233 Å². The number of hydrogen-bond donors (Lipinski definition) is 3. The quantitative estimate of drug-likeness (QED) is 0.275. The lowest BCUT2D eigenvalue weighted by Gasteiger charge is -2.16. The molecule has 0 aliphatic carbocycles. The Morgan fingerprint density at radius 3 is 2.44 bits per heavy atom. The number of hydrogen-bond acceptors (Lipinski definition) is 7. The molecule has 4 heterocycles. The van der Waals surface area contributed by atoms with Gasteiger partial charge in [-0.3, -0.25) is 14.0 Å². The van der Waals surface area contributed by atoms with Crippen molar-refractivity contribution in [3.63, 3.8) is 0 Å². The predicted octanol–water partition coefficient (Wildman–Crippen LogP) is 3.14. The van der Waals surface area contributed by atoms with E-state index in [-0.39, 0.29) is 28.7 Å². The van der Waals surface area contributed by atoms with Crippen LogP contribution in [0.5, 0.6) is 5.75 Å². The molecule has 12 heteroatoms. The number of phenolic OH excluding ortho intramolecular Hbond substituents is 1. The average Bonchev–Trinajstić information content (AvgIpc) is 3.64. The molecule has 0 unspecified atom stereocenters. The minimum absolute atomic E-state index is 0.105. The number of pyridine rings is 1. The molecule has 2 aromatic carbocycles. The van der Waals surface area contributed by atoms with E-state index in [1.165, 1.54) is 22.9 Å². The van der Waals surface area contributed by atoms with E-state index in [2.05, 4.69) is 14.9 Å². The molecule has 41 heavy (non-hydrogen) atoms. The third-order valence-corrected chi connectivity index (χ3v) is 7.60. The van der Waals surface area contributed by atoms with Crippen molar-refractivity contribution < 1.29 is 24.9 Å². The molecule has 0 saturated carbocycles. The first-order chi connectivity index (χ1) is 19.7. The van der Waals surface area contributed by atoms with Crippen LogP contribution < -0.4 is 5.69 Å². The summed E-state index contributed by atoms with van der Waals surface area (Å²) in [6, 6.07) is 14.6. The number of aromatic carboxylic acids is 2. The monoisotopic (exact) mass is 554 g/mol. The summed E-state index contributed by atoms with van der Waals surface area (Å²) >= 11 is 0. The van der Waals surface area contributed by atoms with Crippen molar-refractivity contribution in [3.05, 3.63) is 94.6 Å². The summed E-state index contributed by atoms with van der Waals surface area (Å²) in [6.45, 7) is 1.67. The van der Waals surface area contributed by atoms with Gasteiger partial charge in [0.15, 0.2) is 5.65 Å². The van der Waals surface area contributed by atoms with Crippen LogP contribution in [0.25, 0.3) is 28.0 Å². The van der Waals surface area contributed by atoms with Crippen molar-refractivity contribution in [2.75, 3.05) is 13.1 Å². The molecular formula is C29H26N6O6. The van der Waals surface area contributed by atoms with Gasteiger partial charge in [0.2, 0.25) is 0 Å². The number of aromatic hydroxyl groups is 1. The summed E-state index contributed by atoms with van der Waals surface area (Å²) in [4.78, 5) is 47.3.